The molecule has 1 atom stereocenters. The zero-order valence-corrected chi connectivity index (χ0v) is 12.7. The summed E-state index contributed by atoms with van der Waals surface area (Å²) in [5.41, 5.74) is 2.77. The average Bonchev–Trinajstić information content (AvgIpc) is 2.92. The van der Waals surface area contributed by atoms with Gasteiger partial charge in [0.15, 0.2) is 0 Å². The minimum atomic E-state index is 0.579. The van der Waals surface area contributed by atoms with Crippen LogP contribution < -0.4 is 5.32 Å². The van der Waals surface area contributed by atoms with Crippen LogP contribution in [0, 0.1) is 6.92 Å². The fourth-order valence-corrected chi connectivity index (χ4v) is 3.07. The van der Waals surface area contributed by atoms with Crippen molar-refractivity contribution in [3.05, 3.63) is 57.8 Å². The summed E-state index contributed by atoms with van der Waals surface area (Å²) in [6.45, 7) is 5.37. The maximum Gasteiger partial charge on any atom is 0.0111 e. The molecular formula is C17H23NS. The molecule has 1 unspecified atom stereocenters. The van der Waals surface area contributed by atoms with Crippen molar-refractivity contribution in [3.8, 4) is 0 Å². The highest BCUT2D eigenvalue weighted by Crippen LogP contribution is 2.14. The Morgan fingerprint density at radius 3 is 2.58 bits per heavy atom. The fourth-order valence-electron chi connectivity index (χ4n) is 2.34. The van der Waals surface area contributed by atoms with Crippen molar-refractivity contribution < 1.29 is 0 Å². The molecule has 0 bridgehead atoms. The molecule has 1 aromatic heterocycles. The van der Waals surface area contributed by atoms with Gasteiger partial charge >= 0.3 is 0 Å². The second kappa shape index (κ2) is 7.46. The van der Waals surface area contributed by atoms with Gasteiger partial charge in [-0.3, -0.25) is 0 Å². The van der Waals surface area contributed by atoms with Crippen molar-refractivity contribution in [2.24, 2.45) is 0 Å². The molecule has 102 valence electrons. The molecule has 19 heavy (non-hydrogen) atoms. The number of thiophene rings is 1. The van der Waals surface area contributed by atoms with E-state index in [2.05, 4.69) is 60.9 Å². The first kappa shape index (κ1) is 14.3. The van der Waals surface area contributed by atoms with Crippen LogP contribution in [0.1, 0.15) is 29.3 Å². The molecule has 1 aromatic carbocycles. The van der Waals surface area contributed by atoms with Gasteiger partial charge in [-0.2, -0.15) is 0 Å². The van der Waals surface area contributed by atoms with Crippen LogP contribution in [0.2, 0.25) is 0 Å². The summed E-state index contributed by atoms with van der Waals surface area (Å²) in [4.78, 5) is 1.49. The Hall–Kier alpha value is -1.12. The van der Waals surface area contributed by atoms with Crippen molar-refractivity contribution in [1.29, 1.82) is 0 Å². The first-order valence-electron chi connectivity index (χ1n) is 7.09. The van der Waals surface area contributed by atoms with E-state index in [1.165, 1.54) is 28.8 Å². The van der Waals surface area contributed by atoms with Crippen molar-refractivity contribution in [2.75, 3.05) is 6.54 Å². The molecule has 2 aromatic rings. The predicted octanol–water partition coefficient (Wildman–Crippen LogP) is 4.21. The van der Waals surface area contributed by atoms with E-state index >= 15 is 0 Å². The molecule has 0 saturated heterocycles. The predicted molar refractivity (Wildman–Crippen MR) is 85.0 cm³/mol. The van der Waals surface area contributed by atoms with E-state index in [1.54, 1.807) is 0 Å². The molecule has 0 saturated carbocycles. The third-order valence-corrected chi connectivity index (χ3v) is 4.35. The molecule has 0 spiro atoms. The van der Waals surface area contributed by atoms with E-state index in [9.17, 15) is 0 Å². The number of nitrogens with one attached hydrogen (secondary N) is 1. The normalized spacial score (nSPS) is 12.5. The Morgan fingerprint density at radius 2 is 1.95 bits per heavy atom. The third kappa shape index (κ3) is 4.81. The van der Waals surface area contributed by atoms with Gasteiger partial charge in [0.2, 0.25) is 0 Å². The average molecular weight is 273 g/mol. The Labute approximate surface area is 120 Å². The van der Waals surface area contributed by atoms with Crippen LogP contribution in [0.15, 0.2) is 41.8 Å². The van der Waals surface area contributed by atoms with Gasteiger partial charge in [0.25, 0.3) is 0 Å². The number of hydrogen-bond acceptors (Lipinski definition) is 2. The first-order chi connectivity index (χ1) is 9.28. The maximum absolute atomic E-state index is 3.61. The van der Waals surface area contributed by atoms with E-state index in [-0.39, 0.29) is 0 Å². The summed E-state index contributed by atoms with van der Waals surface area (Å²) in [5, 5.41) is 5.78. The van der Waals surface area contributed by atoms with Crippen LogP contribution in [0.5, 0.6) is 0 Å². The zero-order chi connectivity index (χ0) is 13.5. The van der Waals surface area contributed by atoms with Gasteiger partial charge in [-0.05, 0) is 49.7 Å². The highest BCUT2D eigenvalue weighted by molar-refractivity contribution is 7.09. The van der Waals surface area contributed by atoms with Crippen molar-refractivity contribution in [2.45, 2.75) is 39.2 Å². The highest BCUT2D eigenvalue weighted by Gasteiger charge is 2.09. The molecule has 0 fully saturated rings. The van der Waals surface area contributed by atoms with Crippen molar-refractivity contribution in [3.63, 3.8) is 0 Å². The molecule has 0 aliphatic heterocycles. The van der Waals surface area contributed by atoms with E-state index in [4.69, 9.17) is 0 Å². The SMILES string of the molecule is CCNC(CCc1cccs1)Cc1ccc(C)cc1. The Kier molecular flexibility index (Phi) is 5.62. The van der Waals surface area contributed by atoms with E-state index in [1.807, 2.05) is 11.3 Å². The second-order valence-corrected chi connectivity index (χ2v) is 6.09. The number of aryl methyl sites for hydroxylation is 2. The summed E-state index contributed by atoms with van der Waals surface area (Å²) in [7, 11) is 0. The number of likely N-dealkylation sites (N-methyl/N-ethyl adjacent to an activating group) is 1. The third-order valence-electron chi connectivity index (χ3n) is 3.41. The molecule has 1 N–H and O–H groups in total. The van der Waals surface area contributed by atoms with Crippen LogP contribution in [0.4, 0.5) is 0 Å². The summed E-state index contributed by atoms with van der Waals surface area (Å²) in [6, 6.07) is 13.9. The fraction of sp³-hybridized carbons (Fsp3) is 0.412. The van der Waals surface area contributed by atoms with Crippen LogP contribution in [0.25, 0.3) is 0 Å². The van der Waals surface area contributed by atoms with Gasteiger partial charge in [-0.15, -0.1) is 11.3 Å². The molecule has 2 rings (SSSR count). The minimum Gasteiger partial charge on any atom is -0.314 e. The Balaban J connectivity index is 1.89. The second-order valence-electron chi connectivity index (χ2n) is 5.06. The molecule has 1 nitrogen and oxygen atoms in total. The molecule has 1 heterocycles. The minimum absolute atomic E-state index is 0.579. The van der Waals surface area contributed by atoms with Crippen molar-refractivity contribution in [1.82, 2.24) is 5.32 Å². The Bertz CT molecular complexity index is 459. The monoisotopic (exact) mass is 273 g/mol. The van der Waals surface area contributed by atoms with Crippen LogP contribution in [0.3, 0.4) is 0 Å². The highest BCUT2D eigenvalue weighted by atomic mass is 32.1. The topological polar surface area (TPSA) is 12.0 Å². The van der Waals surface area contributed by atoms with Gasteiger partial charge < -0.3 is 5.32 Å². The lowest BCUT2D eigenvalue weighted by molar-refractivity contribution is 0.492. The van der Waals surface area contributed by atoms with Crippen molar-refractivity contribution >= 4 is 11.3 Å². The summed E-state index contributed by atoms with van der Waals surface area (Å²) >= 11 is 1.86. The molecule has 0 radical (unpaired) electrons. The maximum atomic E-state index is 3.61. The molecule has 0 aliphatic rings. The van der Waals surface area contributed by atoms with Gasteiger partial charge in [0, 0.05) is 10.9 Å². The lowest BCUT2D eigenvalue weighted by atomic mass is 10.0. The van der Waals surface area contributed by atoms with Gasteiger partial charge in [-0.25, -0.2) is 0 Å². The van der Waals surface area contributed by atoms with Gasteiger partial charge in [0.1, 0.15) is 0 Å². The lowest BCUT2D eigenvalue weighted by Crippen LogP contribution is -2.31. The standard InChI is InChI=1S/C17H23NS/c1-3-18-16(10-11-17-5-4-12-19-17)13-15-8-6-14(2)7-9-15/h4-9,12,16,18H,3,10-11,13H2,1-2H3. The summed E-state index contributed by atoms with van der Waals surface area (Å²) in [6.07, 6.45) is 3.52. The van der Waals surface area contributed by atoms with E-state index in [0.717, 1.165) is 13.0 Å². The smallest absolute Gasteiger partial charge is 0.0111 e. The van der Waals surface area contributed by atoms with E-state index in [0.29, 0.717) is 6.04 Å². The van der Waals surface area contributed by atoms with E-state index < -0.39 is 0 Å². The zero-order valence-electron chi connectivity index (χ0n) is 11.9. The molecular weight excluding hydrogens is 250 g/mol. The molecule has 0 amide bonds. The van der Waals surface area contributed by atoms with Crippen LogP contribution in [-0.2, 0) is 12.8 Å². The van der Waals surface area contributed by atoms with Crippen LogP contribution in [-0.4, -0.2) is 12.6 Å². The Morgan fingerprint density at radius 1 is 1.16 bits per heavy atom. The van der Waals surface area contributed by atoms with Crippen LogP contribution >= 0.6 is 11.3 Å². The number of rotatable bonds is 7. The first-order valence-corrected chi connectivity index (χ1v) is 7.97. The molecule has 2 heteroatoms. The largest absolute Gasteiger partial charge is 0.314 e. The quantitative estimate of drug-likeness (QED) is 0.797. The van der Waals surface area contributed by atoms with Gasteiger partial charge in [0.05, 0.1) is 0 Å². The summed E-state index contributed by atoms with van der Waals surface area (Å²) < 4.78 is 0. The summed E-state index contributed by atoms with van der Waals surface area (Å²) in [5.74, 6) is 0. The van der Waals surface area contributed by atoms with Gasteiger partial charge in [-0.1, -0.05) is 42.8 Å². The number of benzene rings is 1. The number of hydrogen-bond donors (Lipinski definition) is 1. The molecule has 0 aliphatic carbocycles. The lowest BCUT2D eigenvalue weighted by Gasteiger charge is -2.17.